The Hall–Kier alpha value is -1.36. The number of hydrogen-bond acceptors (Lipinski definition) is 3. The monoisotopic (exact) mass is 238 g/mol. The number of fused-ring (bicyclic) bond motifs is 1. The average Bonchev–Trinajstić information content (AvgIpc) is 2.67. The molecule has 0 saturated carbocycles. The molecule has 0 amide bonds. The molecule has 0 radical (unpaired) electrons. The summed E-state index contributed by atoms with van der Waals surface area (Å²) >= 11 is 0. The second-order valence-corrected chi connectivity index (χ2v) is 5.74. The molecule has 0 spiro atoms. The van der Waals surface area contributed by atoms with Crippen LogP contribution in [0, 0.1) is 0 Å². The third-order valence-corrected chi connectivity index (χ3v) is 4.34. The molecule has 0 fully saturated rings. The molecule has 0 saturated heterocycles. The highest BCUT2D eigenvalue weighted by molar-refractivity contribution is 7.91. The van der Waals surface area contributed by atoms with Crippen LogP contribution in [0.25, 0.3) is 5.65 Å². The van der Waals surface area contributed by atoms with Crippen LogP contribution in [0.1, 0.15) is 19.5 Å². The van der Waals surface area contributed by atoms with E-state index in [1.807, 2.05) is 25.1 Å². The van der Waals surface area contributed by atoms with Crippen LogP contribution in [-0.4, -0.2) is 23.6 Å². The smallest absolute Gasteiger partial charge is 0.195 e. The topological polar surface area (TPSA) is 51.4 Å². The summed E-state index contributed by atoms with van der Waals surface area (Å²) in [6.45, 7) is 3.56. The van der Waals surface area contributed by atoms with Crippen LogP contribution in [0.4, 0.5) is 0 Å². The van der Waals surface area contributed by atoms with Crippen molar-refractivity contribution < 1.29 is 8.42 Å². The van der Waals surface area contributed by atoms with Crippen molar-refractivity contribution in [1.29, 1.82) is 0 Å². The van der Waals surface area contributed by atoms with E-state index in [0.29, 0.717) is 22.8 Å². The summed E-state index contributed by atoms with van der Waals surface area (Å²) in [7, 11) is -3.22. The molecule has 0 aliphatic rings. The van der Waals surface area contributed by atoms with Crippen LogP contribution in [0.2, 0.25) is 0 Å². The van der Waals surface area contributed by atoms with Crippen LogP contribution in [0.15, 0.2) is 29.4 Å². The SMILES string of the molecule is CCc1nc2ccccn2c1S(=O)(=O)CC. The van der Waals surface area contributed by atoms with Gasteiger partial charge in [-0.05, 0) is 18.6 Å². The molecule has 0 aliphatic heterocycles. The normalized spacial score (nSPS) is 12.1. The van der Waals surface area contributed by atoms with Gasteiger partial charge < -0.3 is 0 Å². The Balaban J connectivity index is 2.85. The summed E-state index contributed by atoms with van der Waals surface area (Å²) in [5.41, 5.74) is 1.33. The number of nitrogens with zero attached hydrogens (tertiary/aromatic N) is 2. The van der Waals surface area contributed by atoms with Crippen molar-refractivity contribution in [2.45, 2.75) is 25.3 Å². The summed E-state index contributed by atoms with van der Waals surface area (Å²) in [5.74, 6) is 0.0999. The number of pyridine rings is 1. The molecule has 2 aromatic heterocycles. The minimum absolute atomic E-state index is 0.0999. The Labute approximate surface area is 94.9 Å². The molecule has 4 nitrogen and oxygen atoms in total. The van der Waals surface area contributed by atoms with Gasteiger partial charge in [-0.1, -0.05) is 19.9 Å². The number of aryl methyl sites for hydroxylation is 1. The van der Waals surface area contributed by atoms with Gasteiger partial charge in [0.05, 0.1) is 11.4 Å². The summed E-state index contributed by atoms with van der Waals surface area (Å²) in [6, 6.07) is 5.47. The van der Waals surface area contributed by atoms with Crippen LogP contribution < -0.4 is 0 Å². The van der Waals surface area contributed by atoms with Crippen molar-refractivity contribution in [2.75, 3.05) is 5.75 Å². The highest BCUT2D eigenvalue weighted by Crippen LogP contribution is 2.19. The molecule has 0 bridgehead atoms. The molecule has 16 heavy (non-hydrogen) atoms. The van der Waals surface area contributed by atoms with Crippen molar-refractivity contribution in [1.82, 2.24) is 9.38 Å². The lowest BCUT2D eigenvalue weighted by atomic mass is 10.4. The molecule has 0 atom stereocenters. The zero-order valence-corrected chi connectivity index (χ0v) is 10.2. The standard InChI is InChI=1S/C11H14N2O2S/c1-3-9-11(16(14,15)4-2)13-8-6-5-7-10(13)12-9/h5-8H,3-4H2,1-2H3. The third-order valence-electron chi connectivity index (χ3n) is 2.56. The first-order valence-electron chi connectivity index (χ1n) is 5.29. The van der Waals surface area contributed by atoms with E-state index in [1.54, 1.807) is 17.5 Å². The van der Waals surface area contributed by atoms with Crippen LogP contribution >= 0.6 is 0 Å². The van der Waals surface area contributed by atoms with E-state index in [2.05, 4.69) is 4.98 Å². The highest BCUT2D eigenvalue weighted by Gasteiger charge is 2.21. The largest absolute Gasteiger partial charge is 0.290 e. The Morgan fingerprint density at radius 1 is 1.31 bits per heavy atom. The lowest BCUT2D eigenvalue weighted by Crippen LogP contribution is -2.09. The summed E-state index contributed by atoms with van der Waals surface area (Å²) in [5, 5.41) is 0.341. The van der Waals surface area contributed by atoms with Crippen molar-refractivity contribution in [2.24, 2.45) is 0 Å². The molecule has 0 aromatic carbocycles. The minimum atomic E-state index is -3.22. The van der Waals surface area contributed by atoms with Gasteiger partial charge in [-0.15, -0.1) is 0 Å². The third kappa shape index (κ3) is 1.61. The van der Waals surface area contributed by atoms with E-state index >= 15 is 0 Å². The van der Waals surface area contributed by atoms with E-state index in [0.717, 1.165) is 0 Å². The maximum atomic E-state index is 12.0. The molecule has 5 heteroatoms. The Morgan fingerprint density at radius 2 is 2.06 bits per heavy atom. The van der Waals surface area contributed by atoms with E-state index in [4.69, 9.17) is 0 Å². The number of hydrogen-bond donors (Lipinski definition) is 0. The van der Waals surface area contributed by atoms with Gasteiger partial charge in [0.2, 0.25) is 0 Å². The maximum Gasteiger partial charge on any atom is 0.195 e. The summed E-state index contributed by atoms with van der Waals surface area (Å²) < 4.78 is 25.6. The average molecular weight is 238 g/mol. The molecule has 0 N–H and O–H groups in total. The van der Waals surface area contributed by atoms with Crippen molar-refractivity contribution in [3.63, 3.8) is 0 Å². The van der Waals surface area contributed by atoms with Crippen LogP contribution in [0.3, 0.4) is 0 Å². The van der Waals surface area contributed by atoms with Gasteiger partial charge in [0, 0.05) is 6.20 Å². The van der Waals surface area contributed by atoms with Crippen LogP contribution in [-0.2, 0) is 16.3 Å². The predicted molar refractivity (Wildman–Crippen MR) is 62.3 cm³/mol. The second-order valence-electron chi connectivity index (χ2n) is 3.55. The lowest BCUT2D eigenvalue weighted by molar-refractivity contribution is 0.591. The first-order chi connectivity index (χ1) is 7.60. The first kappa shape index (κ1) is 11.1. The fourth-order valence-corrected chi connectivity index (χ4v) is 2.99. The van der Waals surface area contributed by atoms with Crippen molar-refractivity contribution in [3.8, 4) is 0 Å². The predicted octanol–water partition coefficient (Wildman–Crippen LogP) is 1.69. The lowest BCUT2D eigenvalue weighted by Gasteiger charge is -2.02. The number of imidazole rings is 1. The zero-order chi connectivity index (χ0) is 11.8. The Morgan fingerprint density at radius 3 is 2.69 bits per heavy atom. The van der Waals surface area contributed by atoms with Gasteiger partial charge in [-0.3, -0.25) is 4.40 Å². The summed E-state index contributed by atoms with van der Waals surface area (Å²) in [4.78, 5) is 4.33. The van der Waals surface area contributed by atoms with Gasteiger partial charge >= 0.3 is 0 Å². The van der Waals surface area contributed by atoms with E-state index in [9.17, 15) is 8.42 Å². The van der Waals surface area contributed by atoms with Gasteiger partial charge in [0.1, 0.15) is 5.65 Å². The fraction of sp³-hybridized carbons (Fsp3) is 0.364. The molecule has 2 rings (SSSR count). The van der Waals surface area contributed by atoms with E-state index in [-0.39, 0.29) is 5.75 Å². The van der Waals surface area contributed by atoms with Crippen molar-refractivity contribution >= 4 is 15.5 Å². The quantitative estimate of drug-likeness (QED) is 0.817. The molecule has 86 valence electrons. The van der Waals surface area contributed by atoms with Gasteiger partial charge in [0.15, 0.2) is 14.9 Å². The molecule has 2 aromatic rings. The highest BCUT2D eigenvalue weighted by atomic mass is 32.2. The molecule has 0 aliphatic carbocycles. The molecular weight excluding hydrogens is 224 g/mol. The molecular formula is C11H14N2O2S. The maximum absolute atomic E-state index is 12.0. The first-order valence-corrected chi connectivity index (χ1v) is 6.94. The summed E-state index contributed by atoms with van der Waals surface area (Å²) in [6.07, 6.45) is 2.36. The fourth-order valence-electron chi connectivity index (χ4n) is 1.72. The number of rotatable bonds is 3. The minimum Gasteiger partial charge on any atom is -0.290 e. The van der Waals surface area contributed by atoms with E-state index in [1.165, 1.54) is 0 Å². The Bertz CT molecular complexity index is 614. The van der Waals surface area contributed by atoms with Gasteiger partial charge in [-0.25, -0.2) is 13.4 Å². The Kier molecular flexibility index (Phi) is 2.71. The van der Waals surface area contributed by atoms with E-state index < -0.39 is 9.84 Å². The van der Waals surface area contributed by atoms with Gasteiger partial charge in [-0.2, -0.15) is 0 Å². The second kappa shape index (κ2) is 3.90. The number of sulfone groups is 1. The van der Waals surface area contributed by atoms with Crippen LogP contribution in [0.5, 0.6) is 0 Å². The van der Waals surface area contributed by atoms with Crippen molar-refractivity contribution in [3.05, 3.63) is 30.1 Å². The zero-order valence-electron chi connectivity index (χ0n) is 9.34. The van der Waals surface area contributed by atoms with Gasteiger partial charge in [0.25, 0.3) is 0 Å². The molecule has 2 heterocycles. The molecule has 0 unspecified atom stereocenters. The number of aromatic nitrogens is 2.